The van der Waals surface area contributed by atoms with Gasteiger partial charge in [0.25, 0.3) is 5.91 Å². The number of halogens is 2. The molecule has 1 N–H and O–H groups in total. The number of carbonyl (C=O) groups excluding carboxylic acids is 1. The van der Waals surface area contributed by atoms with Crippen LogP contribution in [0.1, 0.15) is 22.3 Å². The molecule has 2 nitrogen and oxygen atoms in total. The maximum Gasteiger partial charge on any atom is 0.251 e. The minimum absolute atomic E-state index is 0.218. The Labute approximate surface area is 116 Å². The first-order valence-electron chi connectivity index (χ1n) is 6.43. The maximum atomic E-state index is 12.7. The lowest BCUT2D eigenvalue weighted by Gasteiger charge is -2.05. The quantitative estimate of drug-likeness (QED) is 0.833. The van der Waals surface area contributed by atoms with Crippen molar-refractivity contribution in [2.75, 3.05) is 6.54 Å². The van der Waals surface area contributed by atoms with Gasteiger partial charge in [-0.05, 0) is 54.8 Å². The summed E-state index contributed by atoms with van der Waals surface area (Å²) in [6.07, 6.45) is 1.53. The first-order valence-corrected chi connectivity index (χ1v) is 6.43. The Morgan fingerprint density at radius 2 is 1.45 bits per heavy atom. The molecule has 20 heavy (non-hydrogen) atoms. The van der Waals surface area contributed by atoms with Crippen molar-refractivity contribution in [3.63, 3.8) is 0 Å². The van der Waals surface area contributed by atoms with Gasteiger partial charge < -0.3 is 5.32 Å². The lowest BCUT2D eigenvalue weighted by atomic mass is 10.1. The van der Waals surface area contributed by atoms with Crippen LogP contribution in [0.2, 0.25) is 0 Å². The fourth-order valence-electron chi connectivity index (χ4n) is 1.85. The minimum atomic E-state index is -0.363. The zero-order chi connectivity index (χ0) is 14.4. The molecule has 0 fully saturated rings. The van der Waals surface area contributed by atoms with Crippen molar-refractivity contribution in [1.82, 2.24) is 5.32 Å². The average Bonchev–Trinajstić information content (AvgIpc) is 2.46. The number of aryl methyl sites for hydroxylation is 1. The van der Waals surface area contributed by atoms with E-state index in [9.17, 15) is 13.6 Å². The van der Waals surface area contributed by atoms with Gasteiger partial charge >= 0.3 is 0 Å². The first kappa shape index (κ1) is 14.2. The Balaban J connectivity index is 1.74. The van der Waals surface area contributed by atoms with Crippen LogP contribution in [0, 0.1) is 11.6 Å². The lowest BCUT2D eigenvalue weighted by Crippen LogP contribution is -2.24. The molecule has 2 rings (SSSR count). The van der Waals surface area contributed by atoms with Crippen LogP contribution in [0.5, 0.6) is 0 Å². The van der Waals surface area contributed by atoms with Crippen LogP contribution in [0.4, 0.5) is 8.78 Å². The number of carbonyl (C=O) groups is 1. The van der Waals surface area contributed by atoms with E-state index in [2.05, 4.69) is 5.32 Å². The number of benzene rings is 2. The third-order valence-electron chi connectivity index (χ3n) is 2.95. The summed E-state index contributed by atoms with van der Waals surface area (Å²) in [5.74, 6) is -0.833. The van der Waals surface area contributed by atoms with E-state index in [-0.39, 0.29) is 17.5 Å². The monoisotopic (exact) mass is 275 g/mol. The summed E-state index contributed by atoms with van der Waals surface area (Å²) >= 11 is 0. The molecular formula is C16H15F2NO. The number of nitrogens with one attached hydrogen (secondary N) is 1. The highest BCUT2D eigenvalue weighted by atomic mass is 19.1. The summed E-state index contributed by atoms with van der Waals surface area (Å²) in [6, 6.07) is 11.7. The van der Waals surface area contributed by atoms with E-state index in [1.54, 1.807) is 12.1 Å². The van der Waals surface area contributed by atoms with Gasteiger partial charge in [0.15, 0.2) is 0 Å². The predicted octanol–water partition coefficient (Wildman–Crippen LogP) is 3.33. The van der Waals surface area contributed by atoms with Gasteiger partial charge in [-0.3, -0.25) is 4.79 Å². The molecule has 2 aromatic rings. The normalized spacial score (nSPS) is 10.3. The van der Waals surface area contributed by atoms with Gasteiger partial charge in [0.1, 0.15) is 11.6 Å². The van der Waals surface area contributed by atoms with Crippen molar-refractivity contribution in [3.8, 4) is 0 Å². The SMILES string of the molecule is O=C(NCCCc1ccc(F)cc1)c1ccc(F)cc1. The van der Waals surface area contributed by atoms with Gasteiger partial charge in [0.05, 0.1) is 0 Å². The molecule has 0 atom stereocenters. The van der Waals surface area contributed by atoms with E-state index in [1.807, 2.05) is 0 Å². The van der Waals surface area contributed by atoms with Crippen LogP contribution in [-0.2, 0) is 6.42 Å². The van der Waals surface area contributed by atoms with Crippen molar-refractivity contribution in [3.05, 3.63) is 71.3 Å². The van der Waals surface area contributed by atoms with Crippen molar-refractivity contribution in [2.24, 2.45) is 0 Å². The Bertz CT molecular complexity index is 564. The molecule has 2 aromatic carbocycles. The Morgan fingerprint density at radius 1 is 0.900 bits per heavy atom. The molecule has 1 amide bonds. The van der Waals surface area contributed by atoms with Crippen molar-refractivity contribution in [2.45, 2.75) is 12.8 Å². The van der Waals surface area contributed by atoms with E-state index in [1.165, 1.54) is 36.4 Å². The summed E-state index contributed by atoms with van der Waals surface area (Å²) in [5.41, 5.74) is 1.47. The number of rotatable bonds is 5. The average molecular weight is 275 g/mol. The molecule has 0 bridgehead atoms. The van der Waals surface area contributed by atoms with Gasteiger partial charge in [0.2, 0.25) is 0 Å². The van der Waals surface area contributed by atoms with Crippen LogP contribution in [-0.4, -0.2) is 12.5 Å². The molecule has 0 unspecified atom stereocenters. The van der Waals surface area contributed by atoms with Gasteiger partial charge in [-0.25, -0.2) is 8.78 Å². The third kappa shape index (κ3) is 4.16. The summed E-state index contributed by atoms with van der Waals surface area (Å²) in [7, 11) is 0. The lowest BCUT2D eigenvalue weighted by molar-refractivity contribution is 0.0953. The number of hydrogen-bond acceptors (Lipinski definition) is 1. The topological polar surface area (TPSA) is 29.1 Å². The molecule has 0 aromatic heterocycles. The summed E-state index contributed by atoms with van der Waals surface area (Å²) in [5, 5.41) is 2.76. The van der Waals surface area contributed by atoms with E-state index in [0.717, 1.165) is 18.4 Å². The molecule has 0 spiro atoms. The summed E-state index contributed by atoms with van der Waals surface area (Å²) in [4.78, 5) is 11.7. The van der Waals surface area contributed by atoms with E-state index < -0.39 is 0 Å². The fourth-order valence-corrected chi connectivity index (χ4v) is 1.85. The second-order valence-corrected chi connectivity index (χ2v) is 4.49. The third-order valence-corrected chi connectivity index (χ3v) is 2.95. The molecule has 0 saturated heterocycles. The second-order valence-electron chi connectivity index (χ2n) is 4.49. The van der Waals surface area contributed by atoms with E-state index >= 15 is 0 Å². The molecule has 0 heterocycles. The first-order chi connectivity index (χ1) is 9.65. The highest BCUT2D eigenvalue weighted by Crippen LogP contribution is 2.05. The summed E-state index contributed by atoms with van der Waals surface area (Å²) < 4.78 is 25.4. The van der Waals surface area contributed by atoms with Crippen molar-refractivity contribution >= 4 is 5.91 Å². The zero-order valence-corrected chi connectivity index (χ0v) is 10.9. The Morgan fingerprint density at radius 3 is 2.05 bits per heavy atom. The Kier molecular flexibility index (Phi) is 4.82. The highest BCUT2D eigenvalue weighted by Gasteiger charge is 2.04. The van der Waals surface area contributed by atoms with E-state index in [0.29, 0.717) is 12.1 Å². The standard InChI is InChI=1S/C16H15F2NO/c17-14-7-3-12(4-8-14)2-1-11-19-16(20)13-5-9-15(18)10-6-13/h3-10H,1-2,11H2,(H,19,20). The van der Waals surface area contributed by atoms with Crippen LogP contribution in [0.3, 0.4) is 0 Å². The second kappa shape index (κ2) is 6.80. The fraction of sp³-hybridized carbons (Fsp3) is 0.188. The number of amides is 1. The largest absolute Gasteiger partial charge is 0.352 e. The van der Waals surface area contributed by atoms with Crippen LogP contribution in [0.25, 0.3) is 0 Å². The molecular weight excluding hydrogens is 260 g/mol. The van der Waals surface area contributed by atoms with Crippen LogP contribution >= 0.6 is 0 Å². The van der Waals surface area contributed by atoms with Crippen molar-refractivity contribution < 1.29 is 13.6 Å². The van der Waals surface area contributed by atoms with Gasteiger partial charge in [-0.2, -0.15) is 0 Å². The van der Waals surface area contributed by atoms with Gasteiger partial charge in [0, 0.05) is 12.1 Å². The predicted molar refractivity (Wildman–Crippen MR) is 73.5 cm³/mol. The van der Waals surface area contributed by atoms with Crippen LogP contribution in [0.15, 0.2) is 48.5 Å². The van der Waals surface area contributed by atoms with Gasteiger partial charge in [-0.15, -0.1) is 0 Å². The minimum Gasteiger partial charge on any atom is -0.352 e. The number of hydrogen-bond donors (Lipinski definition) is 1. The van der Waals surface area contributed by atoms with Crippen molar-refractivity contribution in [1.29, 1.82) is 0 Å². The van der Waals surface area contributed by atoms with E-state index in [4.69, 9.17) is 0 Å². The Hall–Kier alpha value is -2.23. The zero-order valence-electron chi connectivity index (χ0n) is 10.9. The van der Waals surface area contributed by atoms with Gasteiger partial charge in [-0.1, -0.05) is 12.1 Å². The highest BCUT2D eigenvalue weighted by molar-refractivity contribution is 5.94. The smallest absolute Gasteiger partial charge is 0.251 e. The molecule has 0 radical (unpaired) electrons. The molecule has 4 heteroatoms. The molecule has 0 saturated carbocycles. The molecule has 104 valence electrons. The van der Waals surface area contributed by atoms with Crippen LogP contribution < -0.4 is 5.32 Å². The maximum absolute atomic E-state index is 12.7. The molecule has 0 aliphatic heterocycles. The summed E-state index contributed by atoms with van der Waals surface area (Å²) in [6.45, 7) is 0.521. The molecule has 0 aliphatic carbocycles. The molecule has 0 aliphatic rings.